The lowest BCUT2D eigenvalue weighted by Crippen LogP contribution is -2.28. The van der Waals surface area contributed by atoms with Gasteiger partial charge in [-0.15, -0.1) is 0 Å². The van der Waals surface area contributed by atoms with E-state index in [1.807, 2.05) is 0 Å². The molecule has 0 heterocycles. The van der Waals surface area contributed by atoms with Gasteiger partial charge in [-0.2, -0.15) is 0 Å². The van der Waals surface area contributed by atoms with Crippen molar-refractivity contribution in [3.8, 4) is 5.75 Å². The number of benzene rings is 2. The first-order chi connectivity index (χ1) is 10.2. The van der Waals surface area contributed by atoms with Crippen LogP contribution in [-0.2, 0) is 10.2 Å². The van der Waals surface area contributed by atoms with Gasteiger partial charge < -0.3 is 10.1 Å². The van der Waals surface area contributed by atoms with Crippen LogP contribution in [0.2, 0.25) is 0 Å². The van der Waals surface area contributed by atoms with Crippen molar-refractivity contribution in [3.63, 3.8) is 0 Å². The summed E-state index contributed by atoms with van der Waals surface area (Å²) < 4.78 is 19.0. The zero-order valence-electron chi connectivity index (χ0n) is 11.7. The Morgan fingerprint density at radius 2 is 1.81 bits per heavy atom. The summed E-state index contributed by atoms with van der Waals surface area (Å²) in [5.41, 5.74) is 0.449. The number of halogens is 1. The second-order valence-corrected chi connectivity index (χ2v) is 5.24. The maximum atomic E-state index is 13.9. The molecule has 108 valence electrons. The number of amides is 1. The van der Waals surface area contributed by atoms with Crippen molar-refractivity contribution in [2.75, 3.05) is 12.4 Å². The average Bonchev–Trinajstić information content (AvgIpc) is 3.30. The van der Waals surface area contributed by atoms with Crippen molar-refractivity contribution in [1.29, 1.82) is 0 Å². The van der Waals surface area contributed by atoms with Crippen LogP contribution in [0.4, 0.5) is 10.1 Å². The summed E-state index contributed by atoms with van der Waals surface area (Å²) in [6.45, 7) is 0. The predicted molar refractivity (Wildman–Crippen MR) is 78.9 cm³/mol. The molecule has 0 saturated heterocycles. The van der Waals surface area contributed by atoms with Crippen LogP contribution in [0.15, 0.2) is 48.5 Å². The molecule has 1 aliphatic carbocycles. The fourth-order valence-corrected chi connectivity index (χ4v) is 2.52. The SMILES string of the molecule is COc1ccc(NC(=O)C2(c3ccccc3F)CC2)cc1. The van der Waals surface area contributed by atoms with E-state index in [1.165, 1.54) is 6.07 Å². The minimum absolute atomic E-state index is 0.155. The predicted octanol–water partition coefficient (Wildman–Crippen LogP) is 3.50. The number of nitrogens with one attached hydrogen (secondary N) is 1. The van der Waals surface area contributed by atoms with Gasteiger partial charge >= 0.3 is 0 Å². The van der Waals surface area contributed by atoms with Crippen molar-refractivity contribution in [1.82, 2.24) is 0 Å². The second kappa shape index (κ2) is 5.20. The lowest BCUT2D eigenvalue weighted by Gasteiger charge is -2.16. The van der Waals surface area contributed by atoms with Gasteiger partial charge in [0, 0.05) is 11.3 Å². The molecule has 0 unspecified atom stereocenters. The van der Waals surface area contributed by atoms with Crippen LogP contribution in [0.1, 0.15) is 18.4 Å². The molecular formula is C17H16FNO2. The van der Waals surface area contributed by atoms with Crippen LogP contribution < -0.4 is 10.1 Å². The molecule has 2 aromatic rings. The molecule has 0 aliphatic heterocycles. The topological polar surface area (TPSA) is 38.3 Å². The molecule has 0 bridgehead atoms. The summed E-state index contributed by atoms with van der Waals surface area (Å²) in [6.07, 6.45) is 1.35. The molecule has 2 aromatic carbocycles. The third kappa shape index (κ3) is 2.49. The number of methoxy groups -OCH3 is 1. The fourth-order valence-electron chi connectivity index (χ4n) is 2.52. The summed E-state index contributed by atoms with van der Waals surface area (Å²) in [4.78, 5) is 12.5. The first kappa shape index (κ1) is 13.6. The maximum absolute atomic E-state index is 13.9. The van der Waals surface area contributed by atoms with Gasteiger partial charge in [0.15, 0.2) is 0 Å². The monoisotopic (exact) mass is 285 g/mol. The van der Waals surface area contributed by atoms with E-state index in [9.17, 15) is 9.18 Å². The van der Waals surface area contributed by atoms with Crippen molar-refractivity contribution >= 4 is 11.6 Å². The van der Waals surface area contributed by atoms with Crippen molar-refractivity contribution < 1.29 is 13.9 Å². The second-order valence-electron chi connectivity index (χ2n) is 5.24. The summed E-state index contributed by atoms with van der Waals surface area (Å²) in [7, 11) is 1.59. The zero-order chi connectivity index (χ0) is 14.9. The summed E-state index contributed by atoms with van der Waals surface area (Å²) in [6, 6.07) is 13.6. The van der Waals surface area contributed by atoms with Gasteiger partial charge in [0.05, 0.1) is 12.5 Å². The van der Waals surface area contributed by atoms with Crippen LogP contribution in [0, 0.1) is 5.82 Å². The molecule has 3 nitrogen and oxygen atoms in total. The van der Waals surface area contributed by atoms with Gasteiger partial charge in [-0.25, -0.2) is 4.39 Å². The minimum atomic E-state index is -0.717. The van der Waals surface area contributed by atoms with E-state index >= 15 is 0 Å². The Bertz CT molecular complexity index is 663. The molecule has 1 N–H and O–H groups in total. The highest BCUT2D eigenvalue weighted by molar-refractivity contribution is 6.01. The van der Waals surface area contributed by atoms with Crippen molar-refractivity contribution in [2.24, 2.45) is 0 Å². The smallest absolute Gasteiger partial charge is 0.235 e. The summed E-state index contributed by atoms with van der Waals surface area (Å²) >= 11 is 0. The zero-order valence-corrected chi connectivity index (χ0v) is 11.7. The summed E-state index contributed by atoms with van der Waals surface area (Å²) in [5.74, 6) is 0.251. The quantitative estimate of drug-likeness (QED) is 0.933. The van der Waals surface area contributed by atoms with Crippen molar-refractivity contribution in [2.45, 2.75) is 18.3 Å². The number of hydrogen-bond acceptors (Lipinski definition) is 2. The molecule has 1 amide bonds. The molecule has 0 radical (unpaired) electrons. The number of hydrogen-bond donors (Lipinski definition) is 1. The Hall–Kier alpha value is -2.36. The van der Waals surface area contributed by atoms with Gasteiger partial charge in [0.1, 0.15) is 11.6 Å². The number of carbonyl (C=O) groups excluding carboxylic acids is 1. The molecule has 21 heavy (non-hydrogen) atoms. The number of anilines is 1. The molecule has 3 rings (SSSR count). The van der Waals surface area contributed by atoms with E-state index in [2.05, 4.69) is 5.32 Å². The van der Waals surface area contributed by atoms with Crippen LogP contribution in [0.25, 0.3) is 0 Å². The molecule has 0 aromatic heterocycles. The molecule has 1 aliphatic rings. The molecule has 4 heteroatoms. The van der Waals surface area contributed by atoms with Gasteiger partial charge in [-0.05, 0) is 43.2 Å². The number of ether oxygens (including phenoxy) is 1. The van der Waals surface area contributed by atoms with Crippen LogP contribution in [0.5, 0.6) is 5.75 Å². The average molecular weight is 285 g/mol. The number of carbonyl (C=O) groups is 1. The van der Waals surface area contributed by atoms with E-state index in [0.717, 1.165) is 5.75 Å². The van der Waals surface area contributed by atoms with E-state index < -0.39 is 5.41 Å². The Morgan fingerprint density at radius 1 is 1.14 bits per heavy atom. The molecule has 1 fully saturated rings. The van der Waals surface area contributed by atoms with Crippen LogP contribution in [-0.4, -0.2) is 13.0 Å². The van der Waals surface area contributed by atoms with Gasteiger partial charge in [-0.3, -0.25) is 4.79 Å². The minimum Gasteiger partial charge on any atom is -0.497 e. The fraction of sp³-hybridized carbons (Fsp3) is 0.235. The van der Waals surface area contributed by atoms with Gasteiger partial charge in [0.2, 0.25) is 5.91 Å². The normalized spacial score (nSPS) is 15.3. The Balaban J connectivity index is 1.80. The summed E-state index contributed by atoms with van der Waals surface area (Å²) in [5, 5.41) is 2.86. The Morgan fingerprint density at radius 3 is 2.38 bits per heavy atom. The van der Waals surface area contributed by atoms with Crippen LogP contribution >= 0.6 is 0 Å². The highest BCUT2D eigenvalue weighted by atomic mass is 19.1. The highest BCUT2D eigenvalue weighted by Crippen LogP contribution is 2.49. The third-order valence-electron chi connectivity index (χ3n) is 3.92. The van der Waals surface area contributed by atoms with E-state index in [0.29, 0.717) is 24.1 Å². The molecule has 1 saturated carbocycles. The Kier molecular flexibility index (Phi) is 3.37. The molecule has 0 atom stereocenters. The molecule has 0 spiro atoms. The van der Waals surface area contributed by atoms with Crippen LogP contribution in [0.3, 0.4) is 0 Å². The first-order valence-electron chi connectivity index (χ1n) is 6.86. The first-order valence-corrected chi connectivity index (χ1v) is 6.86. The van der Waals surface area contributed by atoms with E-state index in [4.69, 9.17) is 4.74 Å². The highest BCUT2D eigenvalue weighted by Gasteiger charge is 2.52. The Labute approximate surface area is 122 Å². The maximum Gasteiger partial charge on any atom is 0.235 e. The lowest BCUT2D eigenvalue weighted by atomic mass is 9.94. The molecular weight excluding hydrogens is 269 g/mol. The third-order valence-corrected chi connectivity index (χ3v) is 3.92. The van der Waals surface area contributed by atoms with Crippen molar-refractivity contribution in [3.05, 3.63) is 59.9 Å². The van der Waals surface area contributed by atoms with E-state index in [1.54, 1.807) is 49.6 Å². The van der Waals surface area contributed by atoms with Gasteiger partial charge in [-0.1, -0.05) is 18.2 Å². The van der Waals surface area contributed by atoms with Gasteiger partial charge in [0.25, 0.3) is 0 Å². The lowest BCUT2D eigenvalue weighted by molar-refractivity contribution is -0.118. The van der Waals surface area contributed by atoms with E-state index in [-0.39, 0.29) is 11.7 Å². The standard InChI is InChI=1S/C17H16FNO2/c1-21-13-8-6-12(7-9-13)19-16(20)17(10-11-17)14-4-2-3-5-15(14)18/h2-9H,10-11H2,1H3,(H,19,20). The number of rotatable bonds is 4. The largest absolute Gasteiger partial charge is 0.497 e.